The van der Waals surface area contributed by atoms with Crippen molar-refractivity contribution in [2.24, 2.45) is 5.92 Å². The van der Waals surface area contributed by atoms with Crippen molar-refractivity contribution in [1.29, 1.82) is 0 Å². The maximum absolute atomic E-state index is 13.6. The van der Waals surface area contributed by atoms with E-state index in [0.29, 0.717) is 71.1 Å². The smallest absolute Gasteiger partial charge is 0.265 e. The number of piperidine rings is 2. The Morgan fingerprint density at radius 1 is 0.469 bits per heavy atom. The molecule has 6 aromatic rings. The van der Waals surface area contributed by atoms with E-state index in [9.17, 15) is 50.1 Å². The van der Waals surface area contributed by atoms with E-state index in [2.05, 4.69) is 37.5 Å². The lowest BCUT2D eigenvalue weighted by molar-refractivity contribution is -0.134. The molecule has 0 aromatic heterocycles. The zero-order chi connectivity index (χ0) is 70.6. The SMILES string of the molecule is CC(C)CCOc1ccc(-c2ccc(S(=O)(=O)C3(C(=O)NO)CCOCC3)cc2)cc1.CCCCOc1ccc(-c2ccc(S(=O)(=O)C3(C(=O)NO)CCN(C4CC4)CC3)cc2)cc1.CCCCOc1ccc(-c2ccc(S(=O)(=O)C3(C(=O)NO)CCN(CCOC)CC3)cc2)cc1. The summed E-state index contributed by atoms with van der Waals surface area (Å²) in [5.41, 5.74) is 10.1. The van der Waals surface area contributed by atoms with Crippen LogP contribution in [0.3, 0.4) is 0 Å². The number of rotatable bonds is 28. The van der Waals surface area contributed by atoms with Crippen LogP contribution in [0.4, 0.5) is 0 Å². The molecule has 0 unspecified atom stereocenters. The van der Waals surface area contributed by atoms with Crippen LogP contribution in [-0.2, 0) is 53.4 Å². The number of methoxy groups -OCH3 is 1. The molecular weight excluding hydrogens is 1320 g/mol. The molecule has 10 rings (SSSR count). The summed E-state index contributed by atoms with van der Waals surface area (Å²) in [6.07, 6.45) is 7.87. The van der Waals surface area contributed by atoms with Gasteiger partial charge in [-0.25, -0.2) is 41.7 Å². The summed E-state index contributed by atoms with van der Waals surface area (Å²) in [6.45, 7) is 13.9. The highest BCUT2D eigenvalue weighted by molar-refractivity contribution is 7.94. The molecule has 25 heteroatoms. The molecule has 3 amide bonds. The molecule has 1 saturated carbocycles. The van der Waals surface area contributed by atoms with Gasteiger partial charge in [0, 0.05) is 59.1 Å². The van der Waals surface area contributed by atoms with E-state index in [1.54, 1.807) is 66.6 Å². The lowest BCUT2D eigenvalue weighted by Gasteiger charge is -2.39. The number of hydroxylamine groups is 3. The number of benzene rings is 6. The van der Waals surface area contributed by atoms with Crippen LogP contribution >= 0.6 is 0 Å². The maximum atomic E-state index is 13.6. The van der Waals surface area contributed by atoms with Crippen molar-refractivity contribution in [2.45, 2.75) is 146 Å². The summed E-state index contributed by atoms with van der Waals surface area (Å²) in [5, 5.41) is 27.8. The van der Waals surface area contributed by atoms with E-state index in [1.165, 1.54) is 29.7 Å². The number of nitrogens with one attached hydrogen (secondary N) is 3. The number of sulfone groups is 3. The first-order chi connectivity index (χ1) is 47.1. The second kappa shape index (κ2) is 35.1. The fraction of sp³-hybridized carbons (Fsp3) is 0.466. The Hall–Kier alpha value is -7.30. The highest BCUT2D eigenvalue weighted by Crippen LogP contribution is 2.42. The van der Waals surface area contributed by atoms with E-state index < -0.39 is 61.5 Å². The van der Waals surface area contributed by atoms with Gasteiger partial charge in [0.1, 0.15) is 17.2 Å². The predicted octanol–water partition coefficient (Wildman–Crippen LogP) is 10.7. The predicted molar refractivity (Wildman–Crippen MR) is 372 cm³/mol. The van der Waals surface area contributed by atoms with Crippen molar-refractivity contribution in [1.82, 2.24) is 26.2 Å². The van der Waals surface area contributed by atoms with Gasteiger partial charge in [-0.1, -0.05) is 113 Å². The molecular formula is C73H95N5O17S3. The quantitative estimate of drug-likeness (QED) is 0.0151. The second-order valence-electron chi connectivity index (χ2n) is 25.6. The van der Waals surface area contributed by atoms with E-state index in [-0.39, 0.29) is 66.4 Å². The average Bonchev–Trinajstić information content (AvgIpc) is 1.05. The van der Waals surface area contributed by atoms with Gasteiger partial charge in [-0.15, -0.1) is 0 Å². The average molecular weight is 1410 g/mol. The van der Waals surface area contributed by atoms with Gasteiger partial charge in [-0.3, -0.25) is 30.0 Å². The summed E-state index contributed by atoms with van der Waals surface area (Å²) in [6, 6.07) is 43.1. The Morgan fingerprint density at radius 3 is 1.07 bits per heavy atom. The third-order valence-electron chi connectivity index (χ3n) is 18.9. The monoisotopic (exact) mass is 1410 g/mol. The van der Waals surface area contributed by atoms with E-state index >= 15 is 0 Å². The van der Waals surface area contributed by atoms with Gasteiger partial charge in [-0.05, 0) is 183 Å². The molecule has 1 aliphatic carbocycles. The number of unbranched alkanes of at least 4 members (excludes halogenated alkanes) is 2. The molecule has 4 aliphatic rings. The van der Waals surface area contributed by atoms with Crippen molar-refractivity contribution < 1.29 is 78.9 Å². The minimum Gasteiger partial charge on any atom is -0.494 e. The van der Waals surface area contributed by atoms with Crippen LogP contribution in [0, 0.1) is 5.92 Å². The highest BCUT2D eigenvalue weighted by Gasteiger charge is 2.56. The first kappa shape index (κ1) is 76.5. The number of hydrogen-bond acceptors (Lipinski definition) is 19. The number of likely N-dealkylation sites (tertiary alicyclic amines) is 2. The fourth-order valence-electron chi connectivity index (χ4n) is 12.4. The van der Waals surface area contributed by atoms with Crippen LogP contribution in [0.15, 0.2) is 160 Å². The summed E-state index contributed by atoms with van der Waals surface area (Å²) >= 11 is 0. The van der Waals surface area contributed by atoms with Crippen molar-refractivity contribution in [3.05, 3.63) is 146 Å². The van der Waals surface area contributed by atoms with Crippen LogP contribution in [-0.4, -0.2) is 168 Å². The van der Waals surface area contributed by atoms with E-state index in [4.69, 9.17) is 28.9 Å². The van der Waals surface area contributed by atoms with Crippen LogP contribution in [0.25, 0.3) is 33.4 Å². The molecule has 3 heterocycles. The number of carbonyl (C=O) groups excluding carboxylic acids is 3. The Morgan fingerprint density at radius 2 is 0.776 bits per heavy atom. The third-order valence-corrected chi connectivity index (χ3v) is 26.4. The zero-order valence-corrected chi connectivity index (χ0v) is 59.1. The zero-order valence-electron chi connectivity index (χ0n) is 56.7. The Bertz CT molecular complexity index is 3870. The van der Waals surface area contributed by atoms with Crippen LogP contribution < -0.4 is 30.7 Å². The van der Waals surface area contributed by atoms with Gasteiger partial charge in [0.25, 0.3) is 17.7 Å². The molecule has 0 radical (unpaired) electrons. The molecule has 6 aromatic carbocycles. The molecule has 3 saturated heterocycles. The van der Waals surface area contributed by atoms with Crippen molar-refractivity contribution in [2.75, 3.05) is 79.5 Å². The molecule has 0 bridgehead atoms. The minimum absolute atomic E-state index is 0.0122. The summed E-state index contributed by atoms with van der Waals surface area (Å²) in [5.74, 6) is 0.319. The van der Waals surface area contributed by atoms with Crippen molar-refractivity contribution in [3.63, 3.8) is 0 Å². The van der Waals surface area contributed by atoms with Gasteiger partial charge in [0.2, 0.25) is 0 Å². The topological polar surface area (TPSA) is 303 Å². The molecule has 0 atom stereocenters. The Balaban J connectivity index is 0.000000188. The maximum Gasteiger partial charge on any atom is 0.265 e. The van der Waals surface area contributed by atoms with Crippen LogP contribution in [0.2, 0.25) is 0 Å². The fourth-order valence-corrected chi connectivity index (χ4v) is 18.2. The van der Waals surface area contributed by atoms with Gasteiger partial charge in [-0.2, -0.15) is 0 Å². The van der Waals surface area contributed by atoms with Crippen LogP contribution in [0.5, 0.6) is 17.2 Å². The molecule has 98 heavy (non-hydrogen) atoms. The highest BCUT2D eigenvalue weighted by atomic mass is 32.2. The minimum atomic E-state index is -4.05. The van der Waals surface area contributed by atoms with Crippen molar-refractivity contribution in [3.8, 4) is 50.6 Å². The lowest BCUT2D eigenvalue weighted by atomic mass is 9.94. The molecule has 4 fully saturated rings. The molecule has 0 spiro atoms. The number of hydrogen-bond donors (Lipinski definition) is 6. The number of nitrogens with zero attached hydrogens (tertiary/aromatic N) is 2. The Labute approximate surface area is 577 Å². The first-order valence-electron chi connectivity index (χ1n) is 33.7. The largest absolute Gasteiger partial charge is 0.494 e. The molecule has 3 aliphatic heterocycles. The van der Waals surface area contributed by atoms with Gasteiger partial charge in [0.05, 0.1) is 41.1 Å². The van der Waals surface area contributed by atoms with Gasteiger partial charge in [0.15, 0.2) is 43.8 Å². The molecule has 6 N–H and O–H groups in total. The van der Waals surface area contributed by atoms with Crippen LogP contribution in [0.1, 0.15) is 111 Å². The Kier molecular flexibility index (Phi) is 27.4. The summed E-state index contributed by atoms with van der Waals surface area (Å²) in [7, 11) is -10.5. The summed E-state index contributed by atoms with van der Waals surface area (Å²) in [4.78, 5) is 42.1. The standard InChI is InChI=1S/C25H34N2O6S.C25H32N2O5S.C23H29NO6S/c1-3-4-18-33-22-9-5-20(6-10-22)21-7-11-23(12-8-21)34(30,31)25(24(28)26-29)13-15-27(16-14-25)17-19-32-2;1-2-3-18-32-22-10-4-19(5-11-22)20-6-12-23(13-7-20)33(30,31)25(24(28)26-29)14-16-27(17-15-25)21-8-9-21;1-17(2)11-14-30-20-7-3-18(4-8-20)19-5-9-21(10-6-19)31(27,28)23(22(25)24-26)12-15-29-16-13-23/h5-12,29H,3-4,13-19H2,1-2H3,(H,26,28);4-7,10-13,21,29H,2-3,8-9,14-18H2,1H3,(H,26,28);3-10,17,26H,11-16H2,1-2H3,(H,24,25). The van der Waals surface area contributed by atoms with E-state index in [0.717, 1.165) is 95.6 Å². The lowest BCUT2D eigenvalue weighted by Crippen LogP contribution is -2.58. The summed E-state index contributed by atoms with van der Waals surface area (Å²) < 4.78 is 103. The second-order valence-corrected chi connectivity index (χ2v) is 32.4. The number of amides is 3. The number of carbonyl (C=O) groups is 3. The molecule has 532 valence electrons. The number of ether oxygens (including phenoxy) is 5. The first-order valence-corrected chi connectivity index (χ1v) is 38.1. The van der Waals surface area contributed by atoms with E-state index in [1.807, 2.05) is 72.8 Å². The normalized spacial score (nSPS) is 17.0. The van der Waals surface area contributed by atoms with Crippen molar-refractivity contribution >= 4 is 47.2 Å². The van der Waals surface area contributed by atoms with Gasteiger partial charge >= 0.3 is 0 Å². The molecule has 22 nitrogen and oxygen atoms in total. The van der Waals surface area contributed by atoms with Gasteiger partial charge < -0.3 is 33.5 Å². The third kappa shape index (κ3) is 18.0.